The highest BCUT2D eigenvalue weighted by Crippen LogP contribution is 2.23. The molecule has 0 saturated carbocycles. The minimum atomic E-state index is -0.570. The van der Waals surface area contributed by atoms with Crippen molar-refractivity contribution >= 4 is 17.5 Å². The Morgan fingerprint density at radius 2 is 1.57 bits per heavy atom. The second-order valence-corrected chi connectivity index (χ2v) is 4.46. The number of rotatable bonds is 3. The molecule has 104 valence electrons. The number of primary amides is 1. The maximum absolute atomic E-state index is 11.7. The molecule has 0 atom stereocenters. The van der Waals surface area contributed by atoms with Crippen molar-refractivity contribution in [3.63, 3.8) is 0 Å². The van der Waals surface area contributed by atoms with Crippen LogP contribution in [0, 0.1) is 0 Å². The first-order valence-corrected chi connectivity index (χ1v) is 6.51. The van der Waals surface area contributed by atoms with Crippen LogP contribution < -0.4 is 10.6 Å². The molecule has 0 radical (unpaired) electrons. The van der Waals surface area contributed by atoms with Crippen LogP contribution in [0.4, 0.5) is 16.3 Å². The number of anilines is 2. The lowest BCUT2D eigenvalue weighted by molar-refractivity contribution is 0.256. The zero-order valence-electron chi connectivity index (χ0n) is 11.3. The number of hydrogen-bond donors (Lipinski definition) is 1. The summed E-state index contributed by atoms with van der Waals surface area (Å²) >= 11 is 0. The third kappa shape index (κ3) is 2.62. The number of hydrogen-bond acceptors (Lipinski definition) is 2. The second-order valence-electron chi connectivity index (χ2n) is 4.46. The Balaban J connectivity index is 1.99. The lowest BCUT2D eigenvalue weighted by atomic mass is 10.3. The van der Waals surface area contributed by atoms with Gasteiger partial charge in [-0.3, -0.25) is 0 Å². The van der Waals surface area contributed by atoms with Crippen molar-refractivity contribution in [3.05, 3.63) is 72.9 Å². The van der Waals surface area contributed by atoms with Crippen molar-refractivity contribution < 1.29 is 4.79 Å². The summed E-state index contributed by atoms with van der Waals surface area (Å²) in [4.78, 5) is 13.1. The summed E-state index contributed by atoms with van der Waals surface area (Å²) in [5, 5.41) is 4.42. The number of amides is 2. The van der Waals surface area contributed by atoms with Gasteiger partial charge in [0.2, 0.25) is 0 Å². The summed E-state index contributed by atoms with van der Waals surface area (Å²) in [5.41, 5.74) is 7.09. The summed E-state index contributed by atoms with van der Waals surface area (Å²) in [6, 6.07) is 20.1. The Morgan fingerprint density at radius 3 is 2.19 bits per heavy atom. The fraction of sp³-hybridized carbons (Fsp3) is 0. The van der Waals surface area contributed by atoms with Gasteiger partial charge >= 0.3 is 6.03 Å². The molecule has 0 aliphatic carbocycles. The number of carbonyl (C=O) groups is 1. The number of carbonyl (C=O) groups excluding carboxylic acids is 1. The molecule has 0 bridgehead atoms. The molecule has 0 aliphatic heterocycles. The quantitative estimate of drug-likeness (QED) is 0.800. The Morgan fingerprint density at radius 1 is 0.952 bits per heavy atom. The fourth-order valence-electron chi connectivity index (χ4n) is 2.11. The van der Waals surface area contributed by atoms with E-state index in [9.17, 15) is 4.79 Å². The predicted molar refractivity (Wildman–Crippen MR) is 81.7 cm³/mol. The van der Waals surface area contributed by atoms with Gasteiger partial charge in [-0.2, -0.15) is 0 Å². The van der Waals surface area contributed by atoms with Crippen LogP contribution in [0.2, 0.25) is 0 Å². The Hall–Kier alpha value is -3.08. The first-order valence-electron chi connectivity index (χ1n) is 6.51. The molecular weight excluding hydrogens is 264 g/mol. The monoisotopic (exact) mass is 278 g/mol. The smallest absolute Gasteiger partial charge is 0.325 e. The third-order valence-corrected chi connectivity index (χ3v) is 3.06. The average molecular weight is 278 g/mol. The van der Waals surface area contributed by atoms with Gasteiger partial charge in [-0.1, -0.05) is 36.4 Å². The number of para-hydroxylation sites is 2. The van der Waals surface area contributed by atoms with E-state index in [1.165, 1.54) is 4.90 Å². The van der Waals surface area contributed by atoms with Crippen LogP contribution in [0.25, 0.3) is 5.69 Å². The second kappa shape index (κ2) is 5.50. The molecule has 2 N–H and O–H groups in total. The van der Waals surface area contributed by atoms with E-state index in [0.29, 0.717) is 11.5 Å². The van der Waals surface area contributed by atoms with E-state index in [0.717, 1.165) is 5.69 Å². The van der Waals surface area contributed by atoms with E-state index in [1.54, 1.807) is 16.9 Å². The van der Waals surface area contributed by atoms with Gasteiger partial charge in [-0.25, -0.2) is 14.4 Å². The Kier molecular flexibility index (Phi) is 3.39. The van der Waals surface area contributed by atoms with E-state index >= 15 is 0 Å². The summed E-state index contributed by atoms with van der Waals surface area (Å²) in [7, 11) is 0. The van der Waals surface area contributed by atoms with Crippen molar-refractivity contribution in [2.24, 2.45) is 5.73 Å². The fourth-order valence-corrected chi connectivity index (χ4v) is 2.11. The highest BCUT2D eigenvalue weighted by Gasteiger charge is 2.17. The zero-order valence-corrected chi connectivity index (χ0v) is 11.3. The van der Waals surface area contributed by atoms with Crippen molar-refractivity contribution in [1.29, 1.82) is 0 Å². The predicted octanol–water partition coefficient (Wildman–Crippen LogP) is 3.09. The molecule has 5 nitrogen and oxygen atoms in total. The van der Waals surface area contributed by atoms with Crippen molar-refractivity contribution in [2.75, 3.05) is 4.90 Å². The standard InChI is InChI=1S/C16H14N4O/c17-16(21)20(14-9-5-2-6-10-14)15-11-12-19(18-15)13-7-3-1-4-8-13/h1-12H,(H2,17,21). The molecule has 1 aromatic heterocycles. The maximum Gasteiger partial charge on any atom is 0.325 e. The molecule has 21 heavy (non-hydrogen) atoms. The molecule has 5 heteroatoms. The van der Waals surface area contributed by atoms with Crippen LogP contribution in [-0.2, 0) is 0 Å². The van der Waals surface area contributed by atoms with Gasteiger partial charge in [0, 0.05) is 12.3 Å². The molecule has 3 aromatic rings. The third-order valence-electron chi connectivity index (χ3n) is 3.06. The zero-order chi connectivity index (χ0) is 14.7. The number of benzene rings is 2. The molecule has 0 unspecified atom stereocenters. The molecule has 0 fully saturated rings. The van der Waals surface area contributed by atoms with E-state index in [2.05, 4.69) is 5.10 Å². The lowest BCUT2D eigenvalue weighted by Gasteiger charge is -2.17. The minimum absolute atomic E-state index is 0.484. The van der Waals surface area contributed by atoms with Crippen molar-refractivity contribution in [2.45, 2.75) is 0 Å². The summed E-state index contributed by atoms with van der Waals surface area (Å²) in [6.07, 6.45) is 1.80. The first-order chi connectivity index (χ1) is 10.3. The SMILES string of the molecule is NC(=O)N(c1ccccc1)c1ccn(-c2ccccc2)n1. The number of urea groups is 1. The highest BCUT2D eigenvalue weighted by atomic mass is 16.2. The molecule has 3 rings (SSSR count). The molecule has 2 aromatic carbocycles. The normalized spacial score (nSPS) is 10.3. The number of aromatic nitrogens is 2. The summed E-state index contributed by atoms with van der Waals surface area (Å²) in [5.74, 6) is 0.484. The minimum Gasteiger partial charge on any atom is -0.351 e. The van der Waals surface area contributed by atoms with Crippen LogP contribution in [-0.4, -0.2) is 15.8 Å². The number of nitrogens with two attached hydrogens (primary N) is 1. The van der Waals surface area contributed by atoms with Gasteiger partial charge in [-0.15, -0.1) is 5.10 Å². The molecular formula is C16H14N4O. The molecule has 2 amide bonds. The van der Waals surface area contributed by atoms with Crippen molar-refractivity contribution in [3.8, 4) is 5.69 Å². The van der Waals surface area contributed by atoms with E-state index in [-0.39, 0.29) is 0 Å². The van der Waals surface area contributed by atoms with Crippen LogP contribution >= 0.6 is 0 Å². The van der Waals surface area contributed by atoms with Crippen LogP contribution in [0.5, 0.6) is 0 Å². The van der Waals surface area contributed by atoms with Crippen LogP contribution in [0.15, 0.2) is 72.9 Å². The topological polar surface area (TPSA) is 64.2 Å². The van der Waals surface area contributed by atoms with Crippen LogP contribution in [0.1, 0.15) is 0 Å². The molecule has 1 heterocycles. The van der Waals surface area contributed by atoms with Gasteiger partial charge in [0.1, 0.15) is 0 Å². The van der Waals surface area contributed by atoms with Gasteiger partial charge in [-0.05, 0) is 24.3 Å². The van der Waals surface area contributed by atoms with E-state index in [4.69, 9.17) is 5.73 Å². The van der Waals surface area contributed by atoms with Gasteiger partial charge in [0.05, 0.1) is 11.4 Å². The lowest BCUT2D eigenvalue weighted by Crippen LogP contribution is -2.31. The average Bonchev–Trinajstić information content (AvgIpc) is 2.98. The maximum atomic E-state index is 11.7. The number of nitrogens with zero attached hydrogens (tertiary/aromatic N) is 3. The first kappa shape index (κ1) is 12.9. The van der Waals surface area contributed by atoms with E-state index < -0.39 is 6.03 Å². The summed E-state index contributed by atoms with van der Waals surface area (Å²) < 4.78 is 1.70. The van der Waals surface area contributed by atoms with Crippen molar-refractivity contribution in [1.82, 2.24) is 9.78 Å². The highest BCUT2D eigenvalue weighted by molar-refractivity contribution is 5.97. The molecule has 0 aliphatic rings. The van der Waals surface area contributed by atoms with Gasteiger partial charge in [0.25, 0.3) is 0 Å². The molecule has 0 spiro atoms. The van der Waals surface area contributed by atoms with Crippen LogP contribution in [0.3, 0.4) is 0 Å². The van der Waals surface area contributed by atoms with E-state index in [1.807, 2.05) is 60.7 Å². The largest absolute Gasteiger partial charge is 0.351 e. The van der Waals surface area contributed by atoms with Gasteiger partial charge in [0.15, 0.2) is 5.82 Å². The Labute approximate surface area is 122 Å². The Bertz CT molecular complexity index is 737. The summed E-state index contributed by atoms with van der Waals surface area (Å²) in [6.45, 7) is 0. The molecule has 0 saturated heterocycles. The van der Waals surface area contributed by atoms with Gasteiger partial charge < -0.3 is 5.73 Å².